The number of methoxy groups -OCH3 is 1. The minimum Gasteiger partial charge on any atom is -0.377 e. The lowest BCUT2D eigenvalue weighted by molar-refractivity contribution is -0.0711. The van der Waals surface area contributed by atoms with Crippen molar-refractivity contribution in [2.45, 2.75) is 50.2 Å². The second-order valence-electron chi connectivity index (χ2n) is 4.65. The summed E-state index contributed by atoms with van der Waals surface area (Å²) < 4.78 is 5.53. The average Bonchev–Trinajstić information content (AvgIpc) is 2.68. The molecule has 0 aromatic carbocycles. The van der Waals surface area contributed by atoms with Gasteiger partial charge in [0.15, 0.2) is 0 Å². The Morgan fingerprint density at radius 3 is 2.25 bits per heavy atom. The van der Waals surface area contributed by atoms with E-state index in [1.165, 1.54) is 32.1 Å². The number of hydrogen-bond acceptors (Lipinski definition) is 2. The summed E-state index contributed by atoms with van der Waals surface area (Å²) in [4.78, 5) is 0. The van der Waals surface area contributed by atoms with Crippen molar-refractivity contribution in [2.24, 2.45) is 0 Å². The number of rotatable bonds is 4. The van der Waals surface area contributed by atoms with Gasteiger partial charge < -0.3 is 10.1 Å². The first-order valence-corrected chi connectivity index (χ1v) is 4.98. The molecule has 0 unspecified atom stereocenters. The zero-order valence-electron chi connectivity index (χ0n) is 8.15. The van der Waals surface area contributed by atoms with E-state index in [0.717, 1.165) is 6.54 Å². The highest BCUT2D eigenvalue weighted by Crippen LogP contribution is 2.38. The van der Waals surface area contributed by atoms with Gasteiger partial charge >= 0.3 is 0 Å². The molecule has 2 saturated carbocycles. The van der Waals surface area contributed by atoms with Crippen molar-refractivity contribution in [1.29, 1.82) is 0 Å². The largest absolute Gasteiger partial charge is 0.377 e. The summed E-state index contributed by atoms with van der Waals surface area (Å²) in [6, 6.07) is 0. The minimum absolute atomic E-state index is 0.200. The number of hydrogen-bond donors (Lipinski definition) is 1. The molecule has 2 heteroatoms. The second kappa shape index (κ2) is 2.71. The molecule has 0 aromatic heterocycles. The SMILES string of the molecule is COC1(CNC2(C)CC2)CCC1. The summed E-state index contributed by atoms with van der Waals surface area (Å²) in [5.41, 5.74) is 0.659. The summed E-state index contributed by atoms with van der Waals surface area (Å²) in [7, 11) is 1.84. The third kappa shape index (κ3) is 1.50. The van der Waals surface area contributed by atoms with Gasteiger partial charge in [-0.3, -0.25) is 0 Å². The molecule has 0 saturated heterocycles. The molecule has 0 radical (unpaired) electrons. The first-order valence-electron chi connectivity index (χ1n) is 4.98. The van der Waals surface area contributed by atoms with Crippen LogP contribution in [0.15, 0.2) is 0 Å². The summed E-state index contributed by atoms with van der Waals surface area (Å²) in [6.07, 6.45) is 6.50. The first-order chi connectivity index (χ1) is 5.68. The van der Waals surface area contributed by atoms with Crippen LogP contribution in [0.5, 0.6) is 0 Å². The molecule has 0 bridgehead atoms. The molecule has 2 nitrogen and oxygen atoms in total. The number of ether oxygens (including phenoxy) is 1. The van der Waals surface area contributed by atoms with Crippen LogP contribution in [0.4, 0.5) is 0 Å². The van der Waals surface area contributed by atoms with E-state index in [2.05, 4.69) is 12.2 Å². The van der Waals surface area contributed by atoms with Gasteiger partial charge in [-0.25, -0.2) is 0 Å². The van der Waals surface area contributed by atoms with E-state index < -0.39 is 0 Å². The maximum Gasteiger partial charge on any atom is 0.0802 e. The normalized spacial score (nSPS) is 29.5. The Balaban J connectivity index is 1.77. The summed E-state index contributed by atoms with van der Waals surface area (Å²) in [5.74, 6) is 0. The predicted octanol–water partition coefficient (Wildman–Crippen LogP) is 1.70. The fraction of sp³-hybridized carbons (Fsp3) is 1.00. The van der Waals surface area contributed by atoms with E-state index in [4.69, 9.17) is 4.74 Å². The molecule has 2 fully saturated rings. The van der Waals surface area contributed by atoms with Crippen LogP contribution in [0.3, 0.4) is 0 Å². The van der Waals surface area contributed by atoms with Crippen LogP contribution < -0.4 is 5.32 Å². The van der Waals surface area contributed by atoms with Crippen LogP contribution >= 0.6 is 0 Å². The molecule has 0 amide bonds. The summed E-state index contributed by atoms with van der Waals surface area (Å²) in [5, 5.41) is 3.60. The lowest BCUT2D eigenvalue weighted by Gasteiger charge is -2.41. The van der Waals surface area contributed by atoms with Crippen LogP contribution in [0, 0.1) is 0 Å². The average molecular weight is 169 g/mol. The molecule has 0 spiro atoms. The smallest absolute Gasteiger partial charge is 0.0802 e. The van der Waals surface area contributed by atoms with Crippen LogP contribution in [0.1, 0.15) is 39.0 Å². The Morgan fingerprint density at radius 1 is 1.25 bits per heavy atom. The highest BCUT2D eigenvalue weighted by atomic mass is 16.5. The van der Waals surface area contributed by atoms with E-state index in [0.29, 0.717) is 5.54 Å². The second-order valence-corrected chi connectivity index (χ2v) is 4.65. The van der Waals surface area contributed by atoms with Gasteiger partial charge in [0, 0.05) is 19.2 Å². The molecular weight excluding hydrogens is 150 g/mol. The van der Waals surface area contributed by atoms with Gasteiger partial charge in [0.2, 0.25) is 0 Å². The highest BCUT2D eigenvalue weighted by molar-refractivity contribution is 5.01. The Morgan fingerprint density at radius 2 is 1.92 bits per heavy atom. The molecule has 2 aliphatic rings. The fourth-order valence-electron chi connectivity index (χ4n) is 1.76. The van der Waals surface area contributed by atoms with Crippen molar-refractivity contribution in [1.82, 2.24) is 5.32 Å². The Bertz CT molecular complexity index is 165. The lowest BCUT2D eigenvalue weighted by atomic mass is 9.80. The molecule has 0 aromatic rings. The minimum atomic E-state index is 0.200. The van der Waals surface area contributed by atoms with Gasteiger partial charge in [0.1, 0.15) is 0 Å². The van der Waals surface area contributed by atoms with Crippen LogP contribution in [0.2, 0.25) is 0 Å². The van der Waals surface area contributed by atoms with Gasteiger partial charge in [-0.15, -0.1) is 0 Å². The third-order valence-electron chi connectivity index (χ3n) is 3.54. The predicted molar refractivity (Wildman–Crippen MR) is 49.2 cm³/mol. The van der Waals surface area contributed by atoms with E-state index in [1.54, 1.807) is 0 Å². The fourth-order valence-corrected chi connectivity index (χ4v) is 1.76. The zero-order valence-corrected chi connectivity index (χ0v) is 8.15. The summed E-state index contributed by atoms with van der Waals surface area (Å²) in [6.45, 7) is 3.36. The molecule has 2 aliphatic carbocycles. The van der Waals surface area contributed by atoms with Crippen molar-refractivity contribution in [3.63, 3.8) is 0 Å². The molecule has 1 N–H and O–H groups in total. The van der Waals surface area contributed by atoms with Gasteiger partial charge in [0.05, 0.1) is 5.60 Å². The van der Waals surface area contributed by atoms with E-state index in [1.807, 2.05) is 7.11 Å². The van der Waals surface area contributed by atoms with Crippen molar-refractivity contribution in [3.8, 4) is 0 Å². The quantitative estimate of drug-likeness (QED) is 0.691. The molecule has 12 heavy (non-hydrogen) atoms. The van der Waals surface area contributed by atoms with Gasteiger partial charge in [0.25, 0.3) is 0 Å². The van der Waals surface area contributed by atoms with Crippen molar-refractivity contribution in [2.75, 3.05) is 13.7 Å². The maximum atomic E-state index is 5.53. The van der Waals surface area contributed by atoms with Gasteiger partial charge in [-0.1, -0.05) is 0 Å². The molecule has 2 rings (SSSR count). The molecule has 0 aliphatic heterocycles. The highest BCUT2D eigenvalue weighted by Gasteiger charge is 2.42. The van der Waals surface area contributed by atoms with E-state index in [-0.39, 0.29) is 5.60 Å². The molecule has 0 heterocycles. The first kappa shape index (κ1) is 8.52. The van der Waals surface area contributed by atoms with E-state index in [9.17, 15) is 0 Å². The maximum absolute atomic E-state index is 5.53. The monoisotopic (exact) mass is 169 g/mol. The van der Waals surface area contributed by atoms with Crippen LogP contribution in [0.25, 0.3) is 0 Å². The third-order valence-corrected chi connectivity index (χ3v) is 3.54. The topological polar surface area (TPSA) is 21.3 Å². The van der Waals surface area contributed by atoms with Crippen LogP contribution in [-0.4, -0.2) is 24.8 Å². The number of nitrogens with one attached hydrogen (secondary N) is 1. The molecular formula is C10H19NO. The Kier molecular flexibility index (Phi) is 1.92. The molecule has 70 valence electrons. The van der Waals surface area contributed by atoms with Gasteiger partial charge in [-0.05, 0) is 39.0 Å². The van der Waals surface area contributed by atoms with Crippen LogP contribution in [-0.2, 0) is 4.74 Å². The van der Waals surface area contributed by atoms with Crippen molar-refractivity contribution >= 4 is 0 Å². The Labute approximate surface area is 74.7 Å². The van der Waals surface area contributed by atoms with Gasteiger partial charge in [-0.2, -0.15) is 0 Å². The standard InChI is InChI=1S/C10H19NO/c1-9(6-7-9)11-8-10(12-2)4-3-5-10/h11H,3-8H2,1-2H3. The van der Waals surface area contributed by atoms with E-state index >= 15 is 0 Å². The lowest BCUT2D eigenvalue weighted by Crippen LogP contribution is -2.50. The van der Waals surface area contributed by atoms with Crippen molar-refractivity contribution in [3.05, 3.63) is 0 Å². The Hall–Kier alpha value is -0.0800. The summed E-state index contributed by atoms with van der Waals surface area (Å²) >= 11 is 0. The zero-order chi connectivity index (χ0) is 8.66. The van der Waals surface area contributed by atoms with Crippen molar-refractivity contribution < 1.29 is 4.74 Å². The molecule has 0 atom stereocenters.